The molecule has 2 heterocycles. The first-order chi connectivity index (χ1) is 10.3. The molecule has 6 nitrogen and oxygen atoms in total. The molecule has 0 spiro atoms. The van der Waals surface area contributed by atoms with Crippen LogP contribution >= 0.6 is 0 Å². The standard InChI is InChI=1S/C16H28N4O2/c1-6-20-14(9-13(17-20)12(2)3)15(21)19-8-7-16(22,11-19)10-18(4)5/h9,12,22H,6-8,10-11H2,1-5H3/t16-/m1/s1. The summed E-state index contributed by atoms with van der Waals surface area (Å²) in [5.41, 5.74) is 0.755. The first-order valence-electron chi connectivity index (χ1n) is 8.00. The van der Waals surface area contributed by atoms with Crippen molar-refractivity contribution in [1.82, 2.24) is 19.6 Å². The van der Waals surface area contributed by atoms with Crippen molar-refractivity contribution in [3.8, 4) is 0 Å². The van der Waals surface area contributed by atoms with Crippen molar-refractivity contribution in [2.75, 3.05) is 33.7 Å². The zero-order chi connectivity index (χ0) is 16.5. The summed E-state index contributed by atoms with van der Waals surface area (Å²) in [7, 11) is 3.87. The Kier molecular flexibility index (Phi) is 4.92. The van der Waals surface area contributed by atoms with Crippen molar-refractivity contribution in [3.05, 3.63) is 17.5 Å². The van der Waals surface area contributed by atoms with Gasteiger partial charge in [-0.05, 0) is 39.4 Å². The largest absolute Gasteiger partial charge is 0.387 e. The molecular weight excluding hydrogens is 280 g/mol. The molecule has 1 amide bonds. The summed E-state index contributed by atoms with van der Waals surface area (Å²) < 4.78 is 1.76. The zero-order valence-corrected chi connectivity index (χ0v) is 14.3. The lowest BCUT2D eigenvalue weighted by Crippen LogP contribution is -2.43. The molecule has 22 heavy (non-hydrogen) atoms. The molecule has 0 saturated carbocycles. The Morgan fingerprint density at radius 3 is 2.73 bits per heavy atom. The van der Waals surface area contributed by atoms with Crippen molar-refractivity contribution < 1.29 is 9.90 Å². The van der Waals surface area contributed by atoms with Gasteiger partial charge in [0.05, 0.1) is 17.8 Å². The van der Waals surface area contributed by atoms with Gasteiger partial charge in [0, 0.05) is 19.6 Å². The smallest absolute Gasteiger partial charge is 0.272 e. The van der Waals surface area contributed by atoms with Gasteiger partial charge in [-0.2, -0.15) is 5.10 Å². The first-order valence-corrected chi connectivity index (χ1v) is 8.00. The minimum Gasteiger partial charge on any atom is -0.387 e. The van der Waals surface area contributed by atoms with Crippen LogP contribution in [0, 0.1) is 0 Å². The summed E-state index contributed by atoms with van der Waals surface area (Å²) in [6.45, 7) is 8.35. The highest BCUT2D eigenvalue weighted by molar-refractivity contribution is 5.93. The van der Waals surface area contributed by atoms with Crippen LogP contribution in [-0.4, -0.2) is 69.9 Å². The Morgan fingerprint density at radius 2 is 2.18 bits per heavy atom. The van der Waals surface area contributed by atoms with Crippen molar-refractivity contribution in [1.29, 1.82) is 0 Å². The number of carbonyl (C=O) groups excluding carboxylic acids is 1. The van der Waals surface area contributed by atoms with Crippen molar-refractivity contribution in [2.24, 2.45) is 0 Å². The van der Waals surface area contributed by atoms with Gasteiger partial charge in [0.25, 0.3) is 5.91 Å². The lowest BCUT2D eigenvalue weighted by molar-refractivity contribution is 0.0234. The SMILES string of the molecule is CCn1nc(C(C)C)cc1C(=O)N1CC[C@@](O)(CN(C)C)C1. The van der Waals surface area contributed by atoms with E-state index >= 15 is 0 Å². The summed E-state index contributed by atoms with van der Waals surface area (Å²) >= 11 is 0. The lowest BCUT2D eigenvalue weighted by Gasteiger charge is -2.26. The van der Waals surface area contributed by atoms with E-state index in [1.54, 1.807) is 9.58 Å². The predicted molar refractivity (Wildman–Crippen MR) is 86.0 cm³/mol. The fraction of sp³-hybridized carbons (Fsp3) is 0.750. The highest BCUT2D eigenvalue weighted by atomic mass is 16.3. The summed E-state index contributed by atoms with van der Waals surface area (Å²) in [5, 5.41) is 15.1. The van der Waals surface area contributed by atoms with Crippen LogP contribution < -0.4 is 0 Å². The average Bonchev–Trinajstić information content (AvgIpc) is 3.01. The number of nitrogens with zero attached hydrogens (tertiary/aromatic N) is 4. The monoisotopic (exact) mass is 308 g/mol. The number of β-amino-alcohol motifs (C(OH)–C–C–N with tert-alkyl or cyclic N) is 1. The fourth-order valence-electron chi connectivity index (χ4n) is 3.04. The third-order valence-electron chi connectivity index (χ3n) is 4.14. The Hall–Kier alpha value is -1.40. The molecule has 0 unspecified atom stereocenters. The maximum absolute atomic E-state index is 12.8. The number of rotatable bonds is 5. The molecule has 124 valence electrons. The quantitative estimate of drug-likeness (QED) is 0.887. The molecule has 6 heteroatoms. The van der Waals surface area contributed by atoms with Gasteiger partial charge in [0.15, 0.2) is 0 Å². The van der Waals surface area contributed by atoms with Gasteiger partial charge < -0.3 is 14.9 Å². The lowest BCUT2D eigenvalue weighted by atomic mass is 10.0. The van der Waals surface area contributed by atoms with Gasteiger partial charge >= 0.3 is 0 Å². The molecule has 1 aliphatic heterocycles. The molecular formula is C16H28N4O2. The third kappa shape index (κ3) is 3.50. The molecule has 1 aliphatic rings. The number of carbonyl (C=O) groups is 1. The number of hydrogen-bond acceptors (Lipinski definition) is 4. The topological polar surface area (TPSA) is 61.6 Å². The van der Waals surface area contributed by atoms with Crippen LogP contribution in [0.5, 0.6) is 0 Å². The summed E-state index contributed by atoms with van der Waals surface area (Å²) in [6, 6.07) is 1.89. The van der Waals surface area contributed by atoms with Crippen LogP contribution in [0.4, 0.5) is 0 Å². The van der Waals surface area contributed by atoms with Crippen LogP contribution in [0.25, 0.3) is 0 Å². The molecule has 1 N–H and O–H groups in total. The maximum atomic E-state index is 12.8. The van der Waals surface area contributed by atoms with Crippen LogP contribution in [0.3, 0.4) is 0 Å². The second-order valence-electron chi connectivity index (χ2n) is 6.86. The number of likely N-dealkylation sites (tertiary alicyclic amines) is 1. The van der Waals surface area contributed by atoms with E-state index in [4.69, 9.17) is 0 Å². The van der Waals surface area contributed by atoms with E-state index in [-0.39, 0.29) is 5.91 Å². The summed E-state index contributed by atoms with van der Waals surface area (Å²) in [4.78, 5) is 16.5. The first kappa shape index (κ1) is 17.0. The van der Waals surface area contributed by atoms with Crippen LogP contribution in [0.15, 0.2) is 6.07 Å². The second-order valence-corrected chi connectivity index (χ2v) is 6.86. The third-order valence-corrected chi connectivity index (χ3v) is 4.14. The summed E-state index contributed by atoms with van der Waals surface area (Å²) in [6.07, 6.45) is 0.619. The average molecular weight is 308 g/mol. The molecule has 1 fully saturated rings. The fourth-order valence-corrected chi connectivity index (χ4v) is 3.04. The van der Waals surface area contributed by atoms with E-state index in [0.29, 0.717) is 44.2 Å². The number of aliphatic hydroxyl groups is 1. The van der Waals surface area contributed by atoms with E-state index in [9.17, 15) is 9.90 Å². The van der Waals surface area contributed by atoms with Gasteiger partial charge in [-0.1, -0.05) is 13.8 Å². The molecule has 2 rings (SSSR count). The minimum absolute atomic E-state index is 0.0315. The number of aryl methyl sites for hydroxylation is 1. The molecule has 0 aromatic carbocycles. The maximum Gasteiger partial charge on any atom is 0.272 e. The minimum atomic E-state index is -0.808. The van der Waals surface area contributed by atoms with Crippen molar-refractivity contribution >= 4 is 5.91 Å². The Labute approximate surface area is 132 Å². The molecule has 0 bridgehead atoms. The zero-order valence-electron chi connectivity index (χ0n) is 14.3. The van der Waals surface area contributed by atoms with Crippen molar-refractivity contribution in [2.45, 2.75) is 45.3 Å². The van der Waals surface area contributed by atoms with Crippen LogP contribution in [0.2, 0.25) is 0 Å². The Balaban J connectivity index is 2.16. The highest BCUT2D eigenvalue weighted by Gasteiger charge is 2.39. The van der Waals surface area contributed by atoms with E-state index < -0.39 is 5.60 Å². The number of hydrogen-bond donors (Lipinski definition) is 1. The summed E-state index contributed by atoms with van der Waals surface area (Å²) in [5.74, 6) is 0.263. The Morgan fingerprint density at radius 1 is 1.50 bits per heavy atom. The van der Waals surface area contributed by atoms with E-state index in [1.165, 1.54) is 0 Å². The van der Waals surface area contributed by atoms with Gasteiger partial charge in [-0.25, -0.2) is 0 Å². The Bertz CT molecular complexity index is 538. The second kappa shape index (κ2) is 6.38. The number of aromatic nitrogens is 2. The molecule has 0 aliphatic carbocycles. The van der Waals surface area contributed by atoms with E-state index in [1.807, 2.05) is 32.0 Å². The molecule has 1 saturated heterocycles. The molecule has 0 radical (unpaired) electrons. The van der Waals surface area contributed by atoms with E-state index in [0.717, 1.165) is 5.69 Å². The van der Waals surface area contributed by atoms with Gasteiger partial charge in [0.2, 0.25) is 0 Å². The van der Waals surface area contributed by atoms with Crippen LogP contribution in [0.1, 0.15) is 49.3 Å². The molecule has 1 aromatic rings. The van der Waals surface area contributed by atoms with Crippen molar-refractivity contribution in [3.63, 3.8) is 0 Å². The molecule has 1 atom stereocenters. The van der Waals surface area contributed by atoms with E-state index in [2.05, 4.69) is 18.9 Å². The van der Waals surface area contributed by atoms with Gasteiger partial charge in [-0.15, -0.1) is 0 Å². The highest BCUT2D eigenvalue weighted by Crippen LogP contribution is 2.24. The van der Waals surface area contributed by atoms with Gasteiger partial charge in [-0.3, -0.25) is 9.48 Å². The predicted octanol–water partition coefficient (Wildman–Crippen LogP) is 1.16. The molecule has 1 aromatic heterocycles. The normalized spacial score (nSPS) is 22.1. The van der Waals surface area contributed by atoms with Gasteiger partial charge in [0.1, 0.15) is 5.69 Å². The number of likely N-dealkylation sites (N-methyl/N-ethyl adjacent to an activating group) is 1. The van der Waals surface area contributed by atoms with Crippen LogP contribution in [-0.2, 0) is 6.54 Å². The number of amides is 1.